The van der Waals surface area contributed by atoms with Gasteiger partial charge in [0.15, 0.2) is 5.82 Å². The van der Waals surface area contributed by atoms with Crippen molar-refractivity contribution >= 4 is 0 Å². The van der Waals surface area contributed by atoms with Gasteiger partial charge in [0.2, 0.25) is 5.89 Å². The molecule has 0 radical (unpaired) electrons. The van der Waals surface area contributed by atoms with Crippen molar-refractivity contribution < 1.29 is 4.52 Å². The molecule has 0 unspecified atom stereocenters. The highest BCUT2D eigenvalue weighted by Gasteiger charge is 2.35. The van der Waals surface area contributed by atoms with Gasteiger partial charge in [0, 0.05) is 31.5 Å². The molecule has 1 aromatic heterocycles. The summed E-state index contributed by atoms with van der Waals surface area (Å²) in [6.45, 7) is 9.28. The maximum absolute atomic E-state index is 5.39. The smallest absolute Gasteiger partial charge is 0.226 e. The summed E-state index contributed by atoms with van der Waals surface area (Å²) in [6, 6.07) is 9.47. The zero-order valence-corrected chi connectivity index (χ0v) is 16.1. The van der Waals surface area contributed by atoms with E-state index >= 15 is 0 Å². The monoisotopic (exact) mass is 342 g/mol. The van der Waals surface area contributed by atoms with Crippen molar-refractivity contribution in [3.8, 4) is 0 Å². The lowest BCUT2D eigenvalue weighted by Crippen LogP contribution is -2.34. The van der Waals surface area contributed by atoms with Gasteiger partial charge < -0.3 is 9.42 Å². The lowest BCUT2D eigenvalue weighted by molar-refractivity contribution is 0.254. The van der Waals surface area contributed by atoms with Crippen molar-refractivity contribution in [1.29, 1.82) is 0 Å². The number of aryl methyl sites for hydroxylation is 1. The van der Waals surface area contributed by atoms with Crippen LogP contribution in [-0.4, -0.2) is 53.2 Å². The van der Waals surface area contributed by atoms with Gasteiger partial charge in [-0.05, 0) is 32.5 Å². The molecule has 2 heterocycles. The van der Waals surface area contributed by atoms with Crippen LogP contribution in [0.1, 0.15) is 42.6 Å². The summed E-state index contributed by atoms with van der Waals surface area (Å²) in [5.41, 5.74) is 2.73. The highest BCUT2D eigenvalue weighted by molar-refractivity contribution is 5.27. The molecule has 5 nitrogen and oxygen atoms in total. The largest absolute Gasteiger partial charge is 0.339 e. The summed E-state index contributed by atoms with van der Waals surface area (Å²) in [5.74, 6) is 2.60. The maximum Gasteiger partial charge on any atom is 0.226 e. The first-order valence-corrected chi connectivity index (χ1v) is 9.19. The second kappa shape index (κ2) is 7.67. The molecule has 0 N–H and O–H groups in total. The number of nitrogens with zero attached hydrogens (tertiary/aromatic N) is 4. The molecule has 1 aromatic carbocycles. The van der Waals surface area contributed by atoms with Gasteiger partial charge in [-0.1, -0.05) is 48.8 Å². The van der Waals surface area contributed by atoms with E-state index in [0.717, 1.165) is 37.8 Å². The lowest BCUT2D eigenvalue weighted by Gasteiger charge is -2.25. The first kappa shape index (κ1) is 18.1. The molecule has 0 amide bonds. The Kier molecular flexibility index (Phi) is 5.54. The zero-order valence-electron chi connectivity index (χ0n) is 16.1. The molecular formula is C20H30N4O. The molecule has 0 spiro atoms. The standard InChI is InChI=1S/C20H30N4O/c1-14(2)10-20-21-19(22-25-20)13-24-11-17(18(12-24)23(4)5)16-8-6-15(3)7-9-16/h6-9,14,17-18H,10-13H2,1-5H3/t17-,18+/m0/s1. The van der Waals surface area contributed by atoms with Crippen LogP contribution >= 0.6 is 0 Å². The van der Waals surface area contributed by atoms with E-state index in [4.69, 9.17) is 4.52 Å². The number of likely N-dealkylation sites (N-methyl/N-ethyl adjacent to an activating group) is 1. The van der Waals surface area contributed by atoms with Gasteiger partial charge in [-0.15, -0.1) is 0 Å². The first-order valence-electron chi connectivity index (χ1n) is 9.19. The Morgan fingerprint density at radius 1 is 1.20 bits per heavy atom. The van der Waals surface area contributed by atoms with Crippen LogP contribution in [-0.2, 0) is 13.0 Å². The van der Waals surface area contributed by atoms with Crippen molar-refractivity contribution in [3.05, 3.63) is 47.1 Å². The molecule has 2 aromatic rings. The van der Waals surface area contributed by atoms with Crippen LogP contribution in [0.15, 0.2) is 28.8 Å². The van der Waals surface area contributed by atoms with Crippen LogP contribution in [0.4, 0.5) is 0 Å². The van der Waals surface area contributed by atoms with Gasteiger partial charge in [0.05, 0.1) is 6.54 Å². The summed E-state index contributed by atoms with van der Waals surface area (Å²) in [6.07, 6.45) is 0.847. The van der Waals surface area contributed by atoms with Gasteiger partial charge in [-0.3, -0.25) is 4.90 Å². The number of likely N-dealkylation sites (tertiary alicyclic amines) is 1. The van der Waals surface area contributed by atoms with Crippen molar-refractivity contribution in [2.45, 2.75) is 45.7 Å². The molecule has 136 valence electrons. The fourth-order valence-corrected chi connectivity index (χ4v) is 3.65. The van der Waals surface area contributed by atoms with Gasteiger partial charge in [0.1, 0.15) is 0 Å². The second-order valence-corrected chi connectivity index (χ2v) is 7.94. The molecule has 1 saturated heterocycles. The molecule has 0 aliphatic carbocycles. The maximum atomic E-state index is 5.39. The number of hydrogen-bond acceptors (Lipinski definition) is 5. The van der Waals surface area contributed by atoms with Crippen LogP contribution in [0.5, 0.6) is 0 Å². The average Bonchev–Trinajstić information content (AvgIpc) is 3.15. The zero-order chi connectivity index (χ0) is 18.0. The average molecular weight is 342 g/mol. The van der Waals surface area contributed by atoms with Crippen LogP contribution < -0.4 is 0 Å². The van der Waals surface area contributed by atoms with Gasteiger partial charge in [-0.25, -0.2) is 0 Å². The normalized spacial score (nSPS) is 21.6. The van der Waals surface area contributed by atoms with Crippen LogP contribution in [0, 0.1) is 12.8 Å². The quantitative estimate of drug-likeness (QED) is 0.807. The minimum Gasteiger partial charge on any atom is -0.339 e. The molecule has 3 rings (SSSR count). The van der Waals surface area contributed by atoms with E-state index in [9.17, 15) is 0 Å². The van der Waals surface area contributed by atoms with Crippen molar-refractivity contribution in [1.82, 2.24) is 19.9 Å². The Bertz CT molecular complexity index is 677. The van der Waals surface area contributed by atoms with Crippen LogP contribution in [0.3, 0.4) is 0 Å². The fourth-order valence-electron chi connectivity index (χ4n) is 3.65. The third kappa shape index (κ3) is 4.47. The van der Waals surface area contributed by atoms with E-state index in [1.807, 2.05) is 0 Å². The Morgan fingerprint density at radius 2 is 1.92 bits per heavy atom. The second-order valence-electron chi connectivity index (χ2n) is 7.94. The highest BCUT2D eigenvalue weighted by Crippen LogP contribution is 2.31. The Labute approximate surface area is 151 Å². The minimum absolute atomic E-state index is 0.504. The van der Waals surface area contributed by atoms with E-state index in [0.29, 0.717) is 17.9 Å². The van der Waals surface area contributed by atoms with Gasteiger partial charge >= 0.3 is 0 Å². The SMILES string of the molecule is Cc1ccc([C@@H]2CN(Cc3noc(CC(C)C)n3)C[C@H]2N(C)C)cc1. The number of benzene rings is 1. The summed E-state index contributed by atoms with van der Waals surface area (Å²) in [4.78, 5) is 9.34. The number of hydrogen-bond donors (Lipinski definition) is 0. The number of rotatable bonds is 6. The topological polar surface area (TPSA) is 45.4 Å². The molecule has 5 heteroatoms. The summed E-state index contributed by atoms with van der Waals surface area (Å²) >= 11 is 0. The van der Waals surface area contributed by atoms with Crippen molar-refractivity contribution in [2.24, 2.45) is 5.92 Å². The van der Waals surface area contributed by atoms with E-state index < -0.39 is 0 Å². The minimum atomic E-state index is 0.504. The molecule has 0 bridgehead atoms. The predicted molar refractivity (Wildman–Crippen MR) is 99.5 cm³/mol. The summed E-state index contributed by atoms with van der Waals surface area (Å²) in [7, 11) is 4.34. The third-order valence-electron chi connectivity index (χ3n) is 4.99. The van der Waals surface area contributed by atoms with E-state index in [1.165, 1.54) is 11.1 Å². The fraction of sp³-hybridized carbons (Fsp3) is 0.600. The predicted octanol–water partition coefficient (Wildman–Crippen LogP) is 3.11. The number of aromatic nitrogens is 2. The Hall–Kier alpha value is -1.72. The lowest BCUT2D eigenvalue weighted by atomic mass is 9.93. The summed E-state index contributed by atoms with van der Waals surface area (Å²) < 4.78 is 5.39. The molecule has 1 aliphatic rings. The van der Waals surface area contributed by atoms with Crippen LogP contribution in [0.2, 0.25) is 0 Å². The van der Waals surface area contributed by atoms with E-state index in [1.54, 1.807) is 0 Å². The molecule has 1 aliphatic heterocycles. The molecule has 0 saturated carbocycles. The van der Waals surface area contributed by atoms with Crippen LogP contribution in [0.25, 0.3) is 0 Å². The van der Waals surface area contributed by atoms with Gasteiger partial charge in [0.25, 0.3) is 0 Å². The van der Waals surface area contributed by atoms with Crippen molar-refractivity contribution in [3.63, 3.8) is 0 Å². The Morgan fingerprint density at radius 3 is 2.56 bits per heavy atom. The highest BCUT2D eigenvalue weighted by atomic mass is 16.5. The van der Waals surface area contributed by atoms with Gasteiger partial charge in [-0.2, -0.15) is 4.98 Å². The van der Waals surface area contributed by atoms with E-state index in [-0.39, 0.29) is 0 Å². The molecule has 1 fully saturated rings. The molecule has 2 atom stereocenters. The Balaban J connectivity index is 1.69. The van der Waals surface area contributed by atoms with Crippen molar-refractivity contribution in [2.75, 3.05) is 27.2 Å². The first-order chi connectivity index (χ1) is 11.9. The van der Waals surface area contributed by atoms with E-state index in [2.05, 4.69) is 79.1 Å². The molecule has 25 heavy (non-hydrogen) atoms. The molecular weight excluding hydrogens is 312 g/mol. The summed E-state index contributed by atoms with van der Waals surface area (Å²) in [5, 5.41) is 4.17. The third-order valence-corrected chi connectivity index (χ3v) is 4.99.